The van der Waals surface area contributed by atoms with E-state index in [1.807, 2.05) is 77.9 Å². The Morgan fingerprint density at radius 3 is 2.66 bits per heavy atom. The van der Waals surface area contributed by atoms with Crippen molar-refractivity contribution in [2.45, 2.75) is 38.8 Å². The van der Waals surface area contributed by atoms with Gasteiger partial charge in [0, 0.05) is 29.6 Å². The number of nitrogens with zero attached hydrogens (tertiary/aromatic N) is 3. The summed E-state index contributed by atoms with van der Waals surface area (Å²) in [7, 11) is 0. The molecule has 1 aliphatic rings. The first-order valence-corrected chi connectivity index (χ1v) is 12.2. The maximum atomic E-state index is 13.0. The summed E-state index contributed by atoms with van der Waals surface area (Å²) in [5.41, 5.74) is 4.72. The van der Waals surface area contributed by atoms with Gasteiger partial charge in [-0.15, -0.1) is 0 Å². The van der Waals surface area contributed by atoms with Crippen LogP contribution in [-0.4, -0.2) is 39.8 Å². The molecule has 0 radical (unpaired) electrons. The highest BCUT2D eigenvalue weighted by Crippen LogP contribution is 2.34. The maximum Gasteiger partial charge on any atom is 0.227 e. The molecule has 5 rings (SSSR count). The number of aryl methyl sites for hydroxylation is 2. The third-order valence-corrected chi connectivity index (χ3v) is 6.97. The van der Waals surface area contributed by atoms with Crippen LogP contribution >= 0.6 is 11.6 Å². The zero-order chi connectivity index (χ0) is 24.5. The second-order valence-corrected chi connectivity index (χ2v) is 9.54. The van der Waals surface area contributed by atoms with Crippen molar-refractivity contribution in [1.29, 1.82) is 0 Å². The molecule has 6 nitrogen and oxygen atoms in total. The third kappa shape index (κ3) is 4.77. The van der Waals surface area contributed by atoms with Crippen LogP contribution in [0.3, 0.4) is 0 Å². The number of benzene rings is 3. The van der Waals surface area contributed by atoms with E-state index in [2.05, 4.69) is 0 Å². The van der Waals surface area contributed by atoms with Gasteiger partial charge in [-0.3, -0.25) is 4.79 Å². The molecule has 7 heteroatoms. The van der Waals surface area contributed by atoms with Crippen molar-refractivity contribution in [3.63, 3.8) is 0 Å². The lowest BCUT2D eigenvalue weighted by Gasteiger charge is -2.20. The monoisotopic (exact) mass is 489 g/mol. The van der Waals surface area contributed by atoms with Crippen molar-refractivity contribution in [1.82, 2.24) is 9.55 Å². The molecule has 2 heterocycles. The van der Waals surface area contributed by atoms with Gasteiger partial charge >= 0.3 is 0 Å². The molecule has 1 fully saturated rings. The zero-order valence-electron chi connectivity index (χ0n) is 19.8. The summed E-state index contributed by atoms with van der Waals surface area (Å²) in [5.74, 6) is 1.50. The number of aliphatic hydroxyl groups excluding tert-OH is 1. The van der Waals surface area contributed by atoms with Crippen molar-refractivity contribution in [2.75, 3.05) is 18.1 Å². The lowest BCUT2D eigenvalue weighted by molar-refractivity contribution is -0.117. The predicted octanol–water partition coefficient (Wildman–Crippen LogP) is 5.27. The fourth-order valence-electron chi connectivity index (χ4n) is 4.74. The Morgan fingerprint density at radius 2 is 1.86 bits per heavy atom. The number of amides is 1. The molecule has 1 saturated heterocycles. The summed E-state index contributed by atoms with van der Waals surface area (Å²) < 4.78 is 7.87. The van der Waals surface area contributed by atoms with Crippen molar-refractivity contribution < 1.29 is 14.6 Å². The highest BCUT2D eigenvalue weighted by atomic mass is 35.5. The number of imidazole rings is 1. The van der Waals surface area contributed by atoms with E-state index >= 15 is 0 Å². The standard InChI is InChI=1S/C28H28ClN3O3/c1-18-7-3-5-9-25(18)31-15-20(14-27(31)34)28-30-24-8-4-6-10-26(24)32(28)16-21(33)17-35-22-11-12-23(29)19(2)13-22/h3-13,20-21,33H,14-17H2,1-2H3/t20-,21+/m1/s1. The molecule has 35 heavy (non-hydrogen) atoms. The van der Waals surface area contributed by atoms with Crippen LogP contribution < -0.4 is 9.64 Å². The first kappa shape index (κ1) is 23.4. The molecule has 1 N–H and O–H groups in total. The highest BCUT2D eigenvalue weighted by molar-refractivity contribution is 6.31. The van der Waals surface area contributed by atoms with Gasteiger partial charge < -0.3 is 19.3 Å². The summed E-state index contributed by atoms with van der Waals surface area (Å²) in [6.07, 6.45) is -0.374. The van der Waals surface area contributed by atoms with E-state index in [1.165, 1.54) is 0 Å². The minimum atomic E-state index is -0.757. The van der Waals surface area contributed by atoms with Crippen molar-refractivity contribution >= 4 is 34.2 Å². The Bertz CT molecular complexity index is 1380. The summed E-state index contributed by atoms with van der Waals surface area (Å²) >= 11 is 6.10. The van der Waals surface area contributed by atoms with Gasteiger partial charge in [0.1, 0.15) is 24.3 Å². The van der Waals surface area contributed by atoms with E-state index in [9.17, 15) is 9.90 Å². The minimum Gasteiger partial charge on any atom is -0.491 e. The number of anilines is 1. The number of para-hydroxylation sites is 3. The average molecular weight is 490 g/mol. The number of carbonyl (C=O) groups is 1. The molecule has 0 spiro atoms. The summed E-state index contributed by atoms with van der Waals surface area (Å²) in [4.78, 5) is 19.7. The van der Waals surface area contributed by atoms with Crippen LogP contribution in [0.1, 0.15) is 29.3 Å². The molecule has 3 aromatic carbocycles. The smallest absolute Gasteiger partial charge is 0.227 e. The van der Waals surface area contributed by atoms with Gasteiger partial charge in [0.05, 0.1) is 17.6 Å². The first-order valence-electron chi connectivity index (χ1n) is 11.8. The van der Waals surface area contributed by atoms with Gasteiger partial charge in [-0.05, 0) is 61.4 Å². The van der Waals surface area contributed by atoms with Crippen LogP contribution in [0, 0.1) is 13.8 Å². The number of carbonyl (C=O) groups excluding carboxylic acids is 1. The van der Waals surface area contributed by atoms with E-state index in [4.69, 9.17) is 21.3 Å². The van der Waals surface area contributed by atoms with E-state index in [1.54, 1.807) is 12.1 Å². The van der Waals surface area contributed by atoms with Crippen LogP contribution in [0.4, 0.5) is 5.69 Å². The van der Waals surface area contributed by atoms with Crippen molar-refractivity contribution in [2.24, 2.45) is 0 Å². The maximum absolute atomic E-state index is 13.0. The lowest BCUT2D eigenvalue weighted by Crippen LogP contribution is -2.27. The molecule has 1 aliphatic heterocycles. The Hall–Kier alpha value is -3.35. The molecule has 180 valence electrons. The first-order chi connectivity index (χ1) is 16.9. The molecular weight excluding hydrogens is 462 g/mol. The summed E-state index contributed by atoms with van der Waals surface area (Å²) in [5, 5.41) is 11.6. The number of halogens is 1. The van der Waals surface area contributed by atoms with Crippen LogP contribution in [-0.2, 0) is 11.3 Å². The lowest BCUT2D eigenvalue weighted by atomic mass is 10.1. The SMILES string of the molecule is Cc1cc(OC[C@@H](O)Cn2c([C@@H]3CC(=O)N(c4ccccc4C)C3)nc3ccccc32)ccc1Cl. The Labute approximate surface area is 209 Å². The molecule has 4 aromatic rings. The second kappa shape index (κ2) is 9.72. The molecule has 0 saturated carbocycles. The molecule has 0 aliphatic carbocycles. The van der Waals surface area contributed by atoms with E-state index in [0.29, 0.717) is 30.3 Å². The average Bonchev–Trinajstić information content (AvgIpc) is 3.41. The van der Waals surface area contributed by atoms with Crippen LogP contribution in [0.15, 0.2) is 66.7 Å². The van der Waals surface area contributed by atoms with Gasteiger partial charge in [0.15, 0.2) is 0 Å². The van der Waals surface area contributed by atoms with Crippen LogP contribution in [0.2, 0.25) is 5.02 Å². The molecule has 2 atom stereocenters. The van der Waals surface area contributed by atoms with Crippen molar-refractivity contribution in [3.05, 3.63) is 88.7 Å². The quantitative estimate of drug-likeness (QED) is 0.384. The largest absolute Gasteiger partial charge is 0.491 e. The fraction of sp³-hybridized carbons (Fsp3) is 0.286. The molecular formula is C28H28ClN3O3. The Balaban J connectivity index is 1.38. The van der Waals surface area contributed by atoms with Crippen molar-refractivity contribution in [3.8, 4) is 5.75 Å². The number of hydrogen-bond acceptors (Lipinski definition) is 4. The molecule has 1 aromatic heterocycles. The number of fused-ring (bicyclic) bond motifs is 1. The number of ether oxygens (including phenoxy) is 1. The molecule has 1 amide bonds. The van der Waals surface area contributed by atoms with Gasteiger partial charge in [0.2, 0.25) is 5.91 Å². The molecule has 0 unspecified atom stereocenters. The Morgan fingerprint density at radius 1 is 1.09 bits per heavy atom. The topological polar surface area (TPSA) is 67.6 Å². The highest BCUT2D eigenvalue weighted by Gasteiger charge is 2.35. The van der Waals surface area contributed by atoms with E-state index in [0.717, 1.165) is 33.7 Å². The van der Waals surface area contributed by atoms with Gasteiger partial charge in [-0.1, -0.05) is 41.9 Å². The zero-order valence-corrected chi connectivity index (χ0v) is 20.6. The summed E-state index contributed by atoms with van der Waals surface area (Å²) in [6.45, 7) is 4.94. The van der Waals surface area contributed by atoms with Gasteiger partial charge in [-0.25, -0.2) is 4.98 Å². The summed E-state index contributed by atoms with van der Waals surface area (Å²) in [6, 6.07) is 21.2. The third-order valence-electron chi connectivity index (χ3n) is 6.55. The Kier molecular flexibility index (Phi) is 6.50. The van der Waals surface area contributed by atoms with Gasteiger partial charge in [0.25, 0.3) is 0 Å². The second-order valence-electron chi connectivity index (χ2n) is 9.14. The number of aromatic nitrogens is 2. The number of hydrogen-bond donors (Lipinski definition) is 1. The van der Waals surface area contributed by atoms with Crippen LogP contribution in [0.5, 0.6) is 5.75 Å². The van der Waals surface area contributed by atoms with E-state index in [-0.39, 0.29) is 18.4 Å². The van der Waals surface area contributed by atoms with E-state index < -0.39 is 6.10 Å². The van der Waals surface area contributed by atoms with Crippen LogP contribution in [0.25, 0.3) is 11.0 Å². The predicted molar refractivity (Wildman–Crippen MR) is 138 cm³/mol. The molecule has 0 bridgehead atoms. The fourth-order valence-corrected chi connectivity index (χ4v) is 4.86. The van der Waals surface area contributed by atoms with Gasteiger partial charge in [-0.2, -0.15) is 0 Å². The minimum absolute atomic E-state index is 0.0680. The number of rotatable bonds is 7. The normalized spacial score (nSPS) is 16.7. The number of aliphatic hydroxyl groups is 1.